The molecule has 134 valence electrons. The Hall–Kier alpha value is -2.57. The van der Waals surface area contributed by atoms with Gasteiger partial charge < -0.3 is 26.0 Å². The van der Waals surface area contributed by atoms with Crippen molar-refractivity contribution in [1.82, 2.24) is 10.2 Å². The van der Waals surface area contributed by atoms with Crippen LogP contribution in [0.25, 0.3) is 0 Å². The quantitative estimate of drug-likeness (QED) is 0.722. The van der Waals surface area contributed by atoms with Crippen LogP contribution in [-0.4, -0.2) is 38.7 Å². The van der Waals surface area contributed by atoms with E-state index in [1.807, 2.05) is 62.6 Å². The molecule has 0 heterocycles. The molecule has 0 aromatic heterocycles. The topological polar surface area (TPSA) is 79.6 Å². The smallest absolute Gasteiger partial charge is 0.319 e. The number of carbonyl (C=O) groups is 1. The molecule has 4 N–H and O–H groups in total. The zero-order valence-corrected chi connectivity index (χ0v) is 15.0. The van der Waals surface area contributed by atoms with E-state index in [9.17, 15) is 4.79 Å². The molecule has 25 heavy (non-hydrogen) atoms. The van der Waals surface area contributed by atoms with Crippen LogP contribution in [0, 0.1) is 0 Å². The number of urea groups is 1. The second-order valence-corrected chi connectivity index (χ2v) is 5.99. The molecule has 2 amide bonds. The zero-order valence-electron chi connectivity index (χ0n) is 15.0. The van der Waals surface area contributed by atoms with Crippen molar-refractivity contribution in [2.75, 3.05) is 33.1 Å². The summed E-state index contributed by atoms with van der Waals surface area (Å²) >= 11 is 0. The maximum atomic E-state index is 12.2. The first-order chi connectivity index (χ1) is 12.0. The molecule has 6 nitrogen and oxygen atoms in total. The second-order valence-electron chi connectivity index (χ2n) is 5.99. The SMILES string of the molecule is COc1cccc(C(CNC(=O)Nc2ccc(CN)cc2)N(C)C)c1. The highest BCUT2D eigenvalue weighted by Gasteiger charge is 2.16. The van der Waals surface area contributed by atoms with Crippen LogP contribution >= 0.6 is 0 Å². The van der Waals surface area contributed by atoms with Gasteiger partial charge in [-0.15, -0.1) is 0 Å². The molecule has 0 aliphatic carbocycles. The molecule has 0 radical (unpaired) electrons. The van der Waals surface area contributed by atoms with Crippen molar-refractivity contribution in [2.24, 2.45) is 5.73 Å². The number of hydrogen-bond donors (Lipinski definition) is 3. The van der Waals surface area contributed by atoms with E-state index in [-0.39, 0.29) is 12.1 Å². The lowest BCUT2D eigenvalue weighted by Gasteiger charge is -2.25. The number of likely N-dealkylation sites (N-methyl/N-ethyl adjacent to an activating group) is 1. The van der Waals surface area contributed by atoms with Gasteiger partial charge in [0.1, 0.15) is 5.75 Å². The molecule has 0 saturated heterocycles. The fourth-order valence-corrected chi connectivity index (χ4v) is 2.54. The van der Waals surface area contributed by atoms with E-state index in [0.717, 1.165) is 22.6 Å². The number of rotatable bonds is 7. The standard InChI is InChI=1S/C19H26N4O2/c1-23(2)18(15-5-4-6-17(11-15)25-3)13-21-19(24)22-16-9-7-14(12-20)8-10-16/h4-11,18H,12-13,20H2,1-3H3,(H2,21,22,24). The van der Waals surface area contributed by atoms with Gasteiger partial charge in [-0.2, -0.15) is 0 Å². The summed E-state index contributed by atoms with van der Waals surface area (Å²) in [5.74, 6) is 0.800. The van der Waals surface area contributed by atoms with Gasteiger partial charge >= 0.3 is 6.03 Å². The minimum atomic E-state index is -0.241. The van der Waals surface area contributed by atoms with Crippen LogP contribution in [0.2, 0.25) is 0 Å². The number of methoxy groups -OCH3 is 1. The van der Waals surface area contributed by atoms with Crippen molar-refractivity contribution in [1.29, 1.82) is 0 Å². The van der Waals surface area contributed by atoms with E-state index in [0.29, 0.717) is 13.1 Å². The number of nitrogens with zero attached hydrogens (tertiary/aromatic N) is 1. The van der Waals surface area contributed by atoms with Crippen LogP contribution in [0.4, 0.5) is 10.5 Å². The predicted octanol–water partition coefficient (Wildman–Crippen LogP) is 2.58. The molecule has 6 heteroatoms. The molecule has 0 fully saturated rings. The molecule has 1 atom stereocenters. The summed E-state index contributed by atoms with van der Waals surface area (Å²) in [5, 5.41) is 5.75. The minimum Gasteiger partial charge on any atom is -0.497 e. The highest BCUT2D eigenvalue weighted by molar-refractivity contribution is 5.89. The third-order valence-electron chi connectivity index (χ3n) is 4.01. The Balaban J connectivity index is 1.96. The monoisotopic (exact) mass is 342 g/mol. The highest BCUT2D eigenvalue weighted by Crippen LogP contribution is 2.22. The molecule has 0 aliphatic rings. The molecule has 2 rings (SSSR count). The van der Waals surface area contributed by atoms with Crippen LogP contribution in [0.1, 0.15) is 17.2 Å². The number of benzene rings is 2. The first-order valence-electron chi connectivity index (χ1n) is 8.17. The zero-order chi connectivity index (χ0) is 18.2. The molecule has 0 aliphatic heterocycles. The van der Waals surface area contributed by atoms with Crippen molar-refractivity contribution in [3.63, 3.8) is 0 Å². The van der Waals surface area contributed by atoms with Crippen LogP contribution in [0.3, 0.4) is 0 Å². The Morgan fingerprint density at radius 1 is 1.20 bits per heavy atom. The molecule has 2 aromatic rings. The van der Waals surface area contributed by atoms with E-state index in [2.05, 4.69) is 15.5 Å². The number of anilines is 1. The summed E-state index contributed by atoms with van der Waals surface area (Å²) in [6, 6.07) is 15.1. The minimum absolute atomic E-state index is 0.0421. The van der Waals surface area contributed by atoms with Crippen molar-refractivity contribution in [2.45, 2.75) is 12.6 Å². The number of nitrogens with two attached hydrogens (primary N) is 1. The first-order valence-corrected chi connectivity index (χ1v) is 8.17. The van der Waals surface area contributed by atoms with E-state index in [1.165, 1.54) is 0 Å². The van der Waals surface area contributed by atoms with Crippen molar-refractivity contribution >= 4 is 11.7 Å². The Bertz CT molecular complexity index is 686. The summed E-state index contributed by atoms with van der Waals surface area (Å²) in [4.78, 5) is 14.2. The Morgan fingerprint density at radius 2 is 1.92 bits per heavy atom. The van der Waals surface area contributed by atoms with Crippen LogP contribution < -0.4 is 21.1 Å². The summed E-state index contributed by atoms with van der Waals surface area (Å²) in [5.41, 5.74) is 8.41. The number of amides is 2. The maximum Gasteiger partial charge on any atom is 0.319 e. The molecule has 2 aromatic carbocycles. The average Bonchev–Trinajstić information content (AvgIpc) is 2.62. The Kier molecular flexibility index (Phi) is 6.80. The van der Waals surface area contributed by atoms with Gasteiger partial charge in [0.15, 0.2) is 0 Å². The molecule has 1 unspecified atom stereocenters. The summed E-state index contributed by atoms with van der Waals surface area (Å²) in [6.45, 7) is 0.963. The van der Waals surface area contributed by atoms with Gasteiger partial charge in [0.2, 0.25) is 0 Å². The summed E-state index contributed by atoms with van der Waals surface area (Å²) in [6.07, 6.45) is 0. The van der Waals surface area contributed by atoms with Gasteiger partial charge in [-0.3, -0.25) is 0 Å². The van der Waals surface area contributed by atoms with Gasteiger partial charge in [-0.25, -0.2) is 4.79 Å². The molecule has 0 saturated carbocycles. The van der Waals surface area contributed by atoms with Gasteiger partial charge in [0.05, 0.1) is 13.2 Å². The first kappa shape index (κ1) is 18.8. The highest BCUT2D eigenvalue weighted by atomic mass is 16.5. The van der Waals surface area contributed by atoms with E-state index < -0.39 is 0 Å². The van der Waals surface area contributed by atoms with Gasteiger partial charge in [-0.1, -0.05) is 24.3 Å². The normalized spacial score (nSPS) is 11.9. The summed E-state index contributed by atoms with van der Waals surface area (Å²) < 4.78 is 5.28. The van der Waals surface area contributed by atoms with Crippen molar-refractivity contribution in [3.8, 4) is 5.75 Å². The lowest BCUT2D eigenvalue weighted by Crippen LogP contribution is -2.36. The van der Waals surface area contributed by atoms with E-state index >= 15 is 0 Å². The molecule has 0 spiro atoms. The maximum absolute atomic E-state index is 12.2. The van der Waals surface area contributed by atoms with E-state index in [1.54, 1.807) is 7.11 Å². The largest absolute Gasteiger partial charge is 0.497 e. The number of carbonyl (C=O) groups excluding carboxylic acids is 1. The lowest BCUT2D eigenvalue weighted by molar-refractivity contribution is 0.243. The number of ether oxygens (including phenoxy) is 1. The predicted molar refractivity (Wildman–Crippen MR) is 101 cm³/mol. The second kappa shape index (κ2) is 9.05. The Labute approximate surface area is 149 Å². The van der Waals surface area contributed by atoms with Crippen LogP contribution in [0.5, 0.6) is 5.75 Å². The van der Waals surface area contributed by atoms with Gasteiger partial charge in [-0.05, 0) is 49.5 Å². The van der Waals surface area contributed by atoms with Crippen LogP contribution in [0.15, 0.2) is 48.5 Å². The molecular weight excluding hydrogens is 316 g/mol. The fourth-order valence-electron chi connectivity index (χ4n) is 2.54. The third kappa shape index (κ3) is 5.48. The molecule has 0 bridgehead atoms. The lowest BCUT2D eigenvalue weighted by atomic mass is 10.1. The summed E-state index contributed by atoms with van der Waals surface area (Å²) in [7, 11) is 5.61. The Morgan fingerprint density at radius 3 is 2.52 bits per heavy atom. The van der Waals surface area contributed by atoms with Crippen molar-refractivity contribution in [3.05, 3.63) is 59.7 Å². The van der Waals surface area contributed by atoms with Crippen LogP contribution in [-0.2, 0) is 6.54 Å². The number of hydrogen-bond acceptors (Lipinski definition) is 4. The number of nitrogens with one attached hydrogen (secondary N) is 2. The van der Waals surface area contributed by atoms with Gasteiger partial charge in [0, 0.05) is 18.8 Å². The fraction of sp³-hybridized carbons (Fsp3) is 0.316. The average molecular weight is 342 g/mol. The third-order valence-corrected chi connectivity index (χ3v) is 4.01. The van der Waals surface area contributed by atoms with E-state index in [4.69, 9.17) is 10.5 Å². The van der Waals surface area contributed by atoms with Crippen molar-refractivity contribution < 1.29 is 9.53 Å². The molecular formula is C19H26N4O2. The van der Waals surface area contributed by atoms with Gasteiger partial charge in [0.25, 0.3) is 0 Å².